The van der Waals surface area contributed by atoms with E-state index in [0.29, 0.717) is 36.5 Å². The largest absolute Gasteiger partial charge is 0.444 e. The lowest BCUT2D eigenvalue weighted by atomic mass is 9.70. The zero-order valence-electron chi connectivity index (χ0n) is 23.3. The third-order valence-corrected chi connectivity index (χ3v) is 7.97. The minimum absolute atomic E-state index is 0.000338. The van der Waals surface area contributed by atoms with Crippen molar-refractivity contribution in [3.05, 3.63) is 82.4 Å². The van der Waals surface area contributed by atoms with Crippen molar-refractivity contribution in [2.45, 2.75) is 64.0 Å². The van der Waals surface area contributed by atoms with Gasteiger partial charge in [0.05, 0.1) is 17.7 Å². The monoisotopic (exact) mass is 545 g/mol. The summed E-state index contributed by atoms with van der Waals surface area (Å²) < 4.78 is 5.59. The molecule has 1 heterocycles. The molecule has 0 saturated carbocycles. The molecule has 6 nitrogen and oxygen atoms in total. The summed E-state index contributed by atoms with van der Waals surface area (Å²) in [6.07, 6.45) is 1.11. The first kappa shape index (κ1) is 28.4. The Bertz CT molecular complexity index is 1410. The molecule has 1 atom stereocenters. The number of rotatable bonds is 5. The van der Waals surface area contributed by atoms with E-state index in [9.17, 15) is 14.9 Å². The van der Waals surface area contributed by atoms with Gasteiger partial charge in [-0.1, -0.05) is 48.0 Å². The molecule has 0 aliphatic carbocycles. The molecule has 4 rings (SSSR count). The lowest BCUT2D eigenvalue weighted by Crippen LogP contribution is -2.48. The average Bonchev–Trinajstić information content (AvgIpc) is 2.91. The Morgan fingerprint density at radius 3 is 2.46 bits per heavy atom. The van der Waals surface area contributed by atoms with Crippen LogP contribution in [0.2, 0.25) is 5.02 Å². The molecular formula is C32H36ClN3O3. The molecule has 204 valence electrons. The fraction of sp³-hybridized carbons (Fsp3) is 0.406. The first-order chi connectivity index (χ1) is 18.4. The molecule has 39 heavy (non-hydrogen) atoms. The van der Waals surface area contributed by atoms with Crippen LogP contribution in [0.1, 0.15) is 69.7 Å². The van der Waals surface area contributed by atoms with E-state index in [-0.39, 0.29) is 24.5 Å². The smallest absolute Gasteiger partial charge is 0.410 e. The van der Waals surface area contributed by atoms with Gasteiger partial charge in [-0.05, 0) is 86.7 Å². The van der Waals surface area contributed by atoms with Gasteiger partial charge in [-0.2, -0.15) is 5.26 Å². The molecule has 1 unspecified atom stereocenters. The van der Waals surface area contributed by atoms with Crippen LogP contribution in [-0.2, 0) is 14.9 Å². The van der Waals surface area contributed by atoms with Crippen LogP contribution in [0.25, 0.3) is 10.8 Å². The second-order valence-electron chi connectivity index (χ2n) is 11.5. The Labute approximate surface area is 236 Å². The minimum Gasteiger partial charge on any atom is -0.444 e. The Morgan fingerprint density at radius 2 is 1.79 bits per heavy atom. The lowest BCUT2D eigenvalue weighted by Gasteiger charge is -2.43. The topological polar surface area (TPSA) is 73.6 Å². The van der Waals surface area contributed by atoms with E-state index in [1.54, 1.807) is 15.9 Å². The number of amides is 2. The van der Waals surface area contributed by atoms with Crippen LogP contribution in [0, 0.1) is 11.3 Å². The highest BCUT2D eigenvalue weighted by Gasteiger charge is 2.41. The number of piperidine rings is 1. The van der Waals surface area contributed by atoms with Gasteiger partial charge in [0.15, 0.2) is 0 Å². The standard InChI is InChI=1S/C32H36ClN3O3/c1-22(28-19-26(33)18-24-10-6-7-12-27(24)28)35(5)29(37)20-32(25-11-8-9-23(17-25)21-34)13-15-36(16-14-32)30(38)39-31(2,3)4/h6-12,17-19,22H,13-16,20H2,1-5H3. The van der Waals surface area contributed by atoms with Crippen molar-refractivity contribution in [1.29, 1.82) is 5.26 Å². The average molecular weight is 546 g/mol. The van der Waals surface area contributed by atoms with Crippen molar-refractivity contribution >= 4 is 34.4 Å². The fourth-order valence-electron chi connectivity index (χ4n) is 5.42. The quantitative estimate of drug-likeness (QED) is 0.338. The highest BCUT2D eigenvalue weighted by molar-refractivity contribution is 6.31. The molecule has 0 radical (unpaired) electrons. The molecule has 1 saturated heterocycles. The van der Waals surface area contributed by atoms with E-state index in [2.05, 4.69) is 12.1 Å². The summed E-state index contributed by atoms with van der Waals surface area (Å²) in [7, 11) is 1.83. The molecule has 0 bridgehead atoms. The number of hydrogen-bond acceptors (Lipinski definition) is 4. The normalized spacial score (nSPS) is 15.9. The van der Waals surface area contributed by atoms with Crippen molar-refractivity contribution in [2.75, 3.05) is 20.1 Å². The van der Waals surface area contributed by atoms with Gasteiger partial charge in [0.1, 0.15) is 5.60 Å². The van der Waals surface area contributed by atoms with E-state index in [1.807, 2.05) is 83.3 Å². The highest BCUT2D eigenvalue weighted by Crippen LogP contribution is 2.41. The van der Waals surface area contributed by atoms with Gasteiger partial charge >= 0.3 is 6.09 Å². The fourth-order valence-corrected chi connectivity index (χ4v) is 5.65. The summed E-state index contributed by atoms with van der Waals surface area (Å²) in [6.45, 7) is 8.51. The highest BCUT2D eigenvalue weighted by atomic mass is 35.5. The Hall–Kier alpha value is -3.56. The first-order valence-corrected chi connectivity index (χ1v) is 13.7. The molecule has 0 N–H and O–H groups in total. The number of halogens is 1. The number of likely N-dealkylation sites (tertiary alicyclic amines) is 1. The van der Waals surface area contributed by atoms with Gasteiger partial charge < -0.3 is 14.5 Å². The number of nitriles is 1. The Kier molecular flexibility index (Phi) is 8.23. The van der Waals surface area contributed by atoms with Crippen LogP contribution in [0.3, 0.4) is 0 Å². The zero-order valence-corrected chi connectivity index (χ0v) is 24.1. The van der Waals surface area contributed by atoms with E-state index < -0.39 is 11.0 Å². The van der Waals surface area contributed by atoms with Crippen LogP contribution >= 0.6 is 11.6 Å². The number of fused-ring (bicyclic) bond motifs is 1. The molecule has 7 heteroatoms. The predicted molar refractivity (Wildman–Crippen MR) is 155 cm³/mol. The number of hydrogen-bond donors (Lipinski definition) is 0. The van der Waals surface area contributed by atoms with Gasteiger partial charge in [-0.3, -0.25) is 4.79 Å². The minimum atomic E-state index is -0.577. The second-order valence-corrected chi connectivity index (χ2v) is 12.0. The van der Waals surface area contributed by atoms with Crippen molar-refractivity contribution in [2.24, 2.45) is 0 Å². The summed E-state index contributed by atoms with van der Waals surface area (Å²) in [4.78, 5) is 30.2. The Morgan fingerprint density at radius 1 is 1.10 bits per heavy atom. The molecule has 3 aromatic rings. The maximum Gasteiger partial charge on any atom is 0.410 e. The van der Waals surface area contributed by atoms with E-state index in [4.69, 9.17) is 16.3 Å². The van der Waals surface area contributed by atoms with Crippen LogP contribution in [0.4, 0.5) is 4.79 Å². The van der Waals surface area contributed by atoms with Crippen LogP contribution < -0.4 is 0 Å². The SMILES string of the molecule is CC(c1cc(Cl)cc2ccccc12)N(C)C(=O)CC1(c2cccc(C#N)c2)CCN(C(=O)OC(C)(C)C)CC1. The number of ether oxygens (including phenoxy) is 1. The molecule has 1 aliphatic heterocycles. The molecule has 2 amide bonds. The molecule has 0 spiro atoms. The second kappa shape index (κ2) is 11.3. The van der Waals surface area contributed by atoms with Crippen molar-refractivity contribution < 1.29 is 14.3 Å². The summed E-state index contributed by atoms with van der Waals surface area (Å²) in [5.41, 5.74) is 1.42. The first-order valence-electron chi connectivity index (χ1n) is 13.3. The molecule has 1 aliphatic rings. The van der Waals surface area contributed by atoms with Gasteiger partial charge in [-0.25, -0.2) is 4.79 Å². The van der Waals surface area contributed by atoms with Crippen molar-refractivity contribution in [1.82, 2.24) is 9.80 Å². The van der Waals surface area contributed by atoms with E-state index in [1.165, 1.54) is 0 Å². The maximum absolute atomic E-state index is 13.9. The van der Waals surface area contributed by atoms with Crippen molar-refractivity contribution in [3.8, 4) is 6.07 Å². The van der Waals surface area contributed by atoms with Gasteiger partial charge in [0.2, 0.25) is 5.91 Å². The van der Waals surface area contributed by atoms with Gasteiger partial charge in [-0.15, -0.1) is 0 Å². The third-order valence-electron chi connectivity index (χ3n) is 7.75. The maximum atomic E-state index is 13.9. The third kappa shape index (κ3) is 6.37. The zero-order chi connectivity index (χ0) is 28.4. The summed E-state index contributed by atoms with van der Waals surface area (Å²) >= 11 is 6.45. The van der Waals surface area contributed by atoms with Crippen molar-refractivity contribution in [3.63, 3.8) is 0 Å². The molecular weight excluding hydrogens is 510 g/mol. The molecule has 0 aromatic heterocycles. The Balaban J connectivity index is 1.61. The lowest BCUT2D eigenvalue weighted by molar-refractivity contribution is -0.133. The predicted octanol–water partition coefficient (Wildman–Crippen LogP) is 7.24. The number of carbonyl (C=O) groups is 2. The molecule has 1 fully saturated rings. The number of benzene rings is 3. The summed E-state index contributed by atoms with van der Waals surface area (Å²) in [6, 6.07) is 21.4. The van der Waals surface area contributed by atoms with E-state index >= 15 is 0 Å². The number of carbonyl (C=O) groups excluding carboxylic acids is 2. The van der Waals surface area contributed by atoms with Gasteiger partial charge in [0, 0.05) is 37.0 Å². The summed E-state index contributed by atoms with van der Waals surface area (Å²) in [5.74, 6) is -0.000338. The van der Waals surface area contributed by atoms with Crippen LogP contribution in [0.15, 0.2) is 60.7 Å². The van der Waals surface area contributed by atoms with Crippen LogP contribution in [0.5, 0.6) is 0 Å². The number of nitrogens with zero attached hydrogens (tertiary/aromatic N) is 3. The summed E-state index contributed by atoms with van der Waals surface area (Å²) in [5, 5.41) is 12.3. The van der Waals surface area contributed by atoms with Gasteiger partial charge in [0.25, 0.3) is 0 Å². The van der Waals surface area contributed by atoms with E-state index in [0.717, 1.165) is 21.9 Å². The van der Waals surface area contributed by atoms with Crippen LogP contribution in [-0.4, -0.2) is 47.5 Å². The molecule has 3 aromatic carbocycles.